The number of carbonyl (C=O) groups excluding carboxylic acids is 2. The van der Waals surface area contributed by atoms with E-state index < -0.39 is 5.91 Å². The summed E-state index contributed by atoms with van der Waals surface area (Å²) in [5, 5.41) is 0. The highest BCUT2D eigenvalue weighted by molar-refractivity contribution is 7.14. The molecule has 1 atom stereocenters. The first-order valence-corrected chi connectivity index (χ1v) is 9.67. The SMILES string of the molecule is COc1nc2c(cc1C(=O)N1CCCC1c1ccc(C(N)=O)s1)CCC2. The van der Waals surface area contributed by atoms with E-state index in [9.17, 15) is 9.59 Å². The van der Waals surface area contributed by atoms with E-state index in [1.807, 2.05) is 17.0 Å². The number of aryl methyl sites for hydroxylation is 2. The average molecular weight is 371 g/mol. The largest absolute Gasteiger partial charge is 0.480 e. The number of primary amides is 1. The number of nitrogens with zero attached hydrogens (tertiary/aromatic N) is 2. The molecule has 2 aliphatic rings. The Morgan fingerprint density at radius 2 is 2.15 bits per heavy atom. The summed E-state index contributed by atoms with van der Waals surface area (Å²) >= 11 is 1.37. The Kier molecular flexibility index (Phi) is 4.40. The fraction of sp³-hybridized carbons (Fsp3) is 0.421. The predicted octanol–water partition coefficient (Wildman–Crippen LogP) is 2.72. The number of nitrogens with two attached hydrogens (primary N) is 1. The van der Waals surface area contributed by atoms with Gasteiger partial charge in [0.05, 0.1) is 18.0 Å². The number of rotatable bonds is 4. The Morgan fingerprint density at radius 3 is 2.88 bits per heavy atom. The zero-order valence-electron chi connectivity index (χ0n) is 14.7. The van der Waals surface area contributed by atoms with Crippen LogP contribution < -0.4 is 10.5 Å². The van der Waals surface area contributed by atoms with Crippen LogP contribution in [-0.4, -0.2) is 35.4 Å². The molecule has 0 spiro atoms. The molecule has 2 aromatic rings. The number of hydrogen-bond acceptors (Lipinski definition) is 5. The number of pyridine rings is 1. The van der Waals surface area contributed by atoms with Crippen LogP contribution in [0.15, 0.2) is 18.2 Å². The van der Waals surface area contributed by atoms with Gasteiger partial charge in [-0.2, -0.15) is 0 Å². The number of fused-ring (bicyclic) bond motifs is 1. The number of likely N-dealkylation sites (tertiary alicyclic amines) is 1. The van der Waals surface area contributed by atoms with E-state index in [2.05, 4.69) is 4.98 Å². The van der Waals surface area contributed by atoms with Crippen LogP contribution in [0.1, 0.15) is 61.5 Å². The van der Waals surface area contributed by atoms with Gasteiger partial charge in [0.2, 0.25) is 5.88 Å². The Balaban J connectivity index is 1.65. The van der Waals surface area contributed by atoms with Crippen molar-refractivity contribution in [2.75, 3.05) is 13.7 Å². The molecule has 1 aliphatic carbocycles. The summed E-state index contributed by atoms with van der Waals surface area (Å²) in [6.07, 6.45) is 4.78. The lowest BCUT2D eigenvalue weighted by atomic mass is 10.1. The van der Waals surface area contributed by atoms with Crippen LogP contribution in [0.4, 0.5) is 0 Å². The summed E-state index contributed by atoms with van der Waals surface area (Å²) in [6.45, 7) is 0.688. The first-order valence-electron chi connectivity index (χ1n) is 8.85. The van der Waals surface area contributed by atoms with Gasteiger partial charge in [0.15, 0.2) is 0 Å². The van der Waals surface area contributed by atoms with Gasteiger partial charge in [0.25, 0.3) is 11.8 Å². The molecule has 1 unspecified atom stereocenters. The molecule has 136 valence electrons. The van der Waals surface area contributed by atoms with Gasteiger partial charge in [-0.25, -0.2) is 4.98 Å². The molecule has 2 amide bonds. The van der Waals surface area contributed by atoms with Gasteiger partial charge in [-0.3, -0.25) is 9.59 Å². The summed E-state index contributed by atoms with van der Waals surface area (Å²) in [6, 6.07) is 5.56. The van der Waals surface area contributed by atoms with Gasteiger partial charge in [-0.15, -0.1) is 11.3 Å². The molecule has 1 fully saturated rings. The van der Waals surface area contributed by atoms with E-state index in [1.165, 1.54) is 11.3 Å². The average Bonchev–Trinajstić information content (AvgIpc) is 3.38. The normalized spacial score (nSPS) is 18.8. The van der Waals surface area contributed by atoms with Crippen LogP contribution >= 0.6 is 11.3 Å². The maximum absolute atomic E-state index is 13.3. The van der Waals surface area contributed by atoms with Crippen molar-refractivity contribution in [2.45, 2.75) is 38.1 Å². The second kappa shape index (κ2) is 6.72. The van der Waals surface area contributed by atoms with E-state index in [0.717, 1.165) is 48.2 Å². The number of amides is 2. The van der Waals surface area contributed by atoms with Gasteiger partial charge >= 0.3 is 0 Å². The smallest absolute Gasteiger partial charge is 0.259 e. The third kappa shape index (κ3) is 2.86. The van der Waals surface area contributed by atoms with Crippen molar-refractivity contribution < 1.29 is 14.3 Å². The molecule has 4 rings (SSSR count). The van der Waals surface area contributed by atoms with E-state index in [4.69, 9.17) is 10.5 Å². The first-order chi connectivity index (χ1) is 12.6. The van der Waals surface area contributed by atoms with Gasteiger partial charge in [-0.05, 0) is 55.9 Å². The van der Waals surface area contributed by atoms with Crippen molar-refractivity contribution in [3.8, 4) is 5.88 Å². The lowest BCUT2D eigenvalue weighted by Crippen LogP contribution is -2.30. The molecule has 26 heavy (non-hydrogen) atoms. The standard InChI is InChI=1S/C19H21N3O3S/c1-25-18-12(10-11-4-2-5-13(11)21-18)19(24)22-9-3-6-14(22)15-7-8-16(26-15)17(20)23/h7-8,10,14H,2-6,9H2,1H3,(H2,20,23). The second-order valence-corrected chi connectivity index (χ2v) is 7.84. The Labute approximate surface area is 156 Å². The van der Waals surface area contributed by atoms with Crippen LogP contribution in [0.2, 0.25) is 0 Å². The molecular formula is C19H21N3O3S. The molecule has 0 aromatic carbocycles. The van der Waals surface area contributed by atoms with E-state index >= 15 is 0 Å². The van der Waals surface area contributed by atoms with Crippen molar-refractivity contribution in [1.29, 1.82) is 0 Å². The molecule has 7 heteroatoms. The molecule has 2 aromatic heterocycles. The summed E-state index contributed by atoms with van der Waals surface area (Å²) in [4.78, 5) is 32.6. The quantitative estimate of drug-likeness (QED) is 0.895. The van der Waals surface area contributed by atoms with Crippen LogP contribution in [-0.2, 0) is 12.8 Å². The van der Waals surface area contributed by atoms with Gasteiger partial charge in [-0.1, -0.05) is 0 Å². The van der Waals surface area contributed by atoms with Gasteiger partial charge in [0, 0.05) is 17.1 Å². The molecule has 6 nitrogen and oxygen atoms in total. The molecule has 1 saturated heterocycles. The topological polar surface area (TPSA) is 85.5 Å². The highest BCUT2D eigenvalue weighted by Crippen LogP contribution is 2.38. The van der Waals surface area contributed by atoms with Crippen molar-refractivity contribution >= 4 is 23.2 Å². The lowest BCUT2D eigenvalue weighted by molar-refractivity contribution is 0.0733. The van der Waals surface area contributed by atoms with Crippen molar-refractivity contribution in [3.63, 3.8) is 0 Å². The van der Waals surface area contributed by atoms with E-state index in [1.54, 1.807) is 13.2 Å². The van der Waals surface area contributed by atoms with Crippen LogP contribution in [0, 0.1) is 0 Å². The highest BCUT2D eigenvalue weighted by Gasteiger charge is 2.34. The maximum Gasteiger partial charge on any atom is 0.259 e. The van der Waals surface area contributed by atoms with Crippen LogP contribution in [0.3, 0.4) is 0 Å². The van der Waals surface area contributed by atoms with Crippen LogP contribution in [0.5, 0.6) is 5.88 Å². The second-order valence-electron chi connectivity index (χ2n) is 6.73. The monoisotopic (exact) mass is 371 g/mol. The minimum Gasteiger partial charge on any atom is -0.480 e. The summed E-state index contributed by atoms with van der Waals surface area (Å²) in [5.41, 5.74) is 8.09. The number of carbonyl (C=O) groups is 2. The molecule has 1 aliphatic heterocycles. The lowest BCUT2D eigenvalue weighted by Gasteiger charge is -2.24. The molecular weight excluding hydrogens is 350 g/mol. The van der Waals surface area contributed by atoms with Gasteiger partial charge < -0.3 is 15.4 Å². The molecule has 0 saturated carbocycles. The zero-order chi connectivity index (χ0) is 18.3. The highest BCUT2D eigenvalue weighted by atomic mass is 32.1. The van der Waals surface area contributed by atoms with Crippen molar-refractivity contribution in [1.82, 2.24) is 9.88 Å². The van der Waals surface area contributed by atoms with Crippen molar-refractivity contribution in [3.05, 3.63) is 44.8 Å². The van der Waals surface area contributed by atoms with E-state index in [-0.39, 0.29) is 11.9 Å². The summed E-state index contributed by atoms with van der Waals surface area (Å²) in [5.74, 6) is -0.0764. The molecule has 3 heterocycles. The summed E-state index contributed by atoms with van der Waals surface area (Å²) in [7, 11) is 1.56. The number of aromatic nitrogens is 1. The fourth-order valence-electron chi connectivity index (χ4n) is 3.89. The van der Waals surface area contributed by atoms with Crippen molar-refractivity contribution in [2.24, 2.45) is 5.73 Å². The Bertz CT molecular complexity index is 877. The third-order valence-electron chi connectivity index (χ3n) is 5.15. The minimum absolute atomic E-state index is 0.0291. The number of methoxy groups -OCH3 is 1. The van der Waals surface area contributed by atoms with Gasteiger partial charge in [0.1, 0.15) is 5.56 Å². The molecule has 0 radical (unpaired) electrons. The minimum atomic E-state index is -0.429. The van der Waals surface area contributed by atoms with E-state index in [0.29, 0.717) is 22.9 Å². The Hall–Kier alpha value is -2.41. The predicted molar refractivity (Wildman–Crippen MR) is 98.7 cm³/mol. The number of hydrogen-bond donors (Lipinski definition) is 1. The number of ether oxygens (including phenoxy) is 1. The first kappa shape index (κ1) is 17.0. The molecule has 0 bridgehead atoms. The summed E-state index contributed by atoms with van der Waals surface area (Å²) < 4.78 is 5.41. The zero-order valence-corrected chi connectivity index (χ0v) is 15.5. The number of thiophene rings is 1. The van der Waals surface area contributed by atoms with Crippen LogP contribution in [0.25, 0.3) is 0 Å². The third-order valence-corrected chi connectivity index (χ3v) is 6.35. The Morgan fingerprint density at radius 1 is 1.31 bits per heavy atom. The maximum atomic E-state index is 13.3. The fourth-order valence-corrected chi connectivity index (χ4v) is 4.89. The molecule has 2 N–H and O–H groups in total.